The third-order valence-electron chi connectivity index (χ3n) is 6.83. The standard InChI is InChI=1S/C30H35N3O5/c1-32(29(35)26-13-12-22(21-34)20-28(26)37-2)18-19-33-16-14-24(15-17-33)38-30(36)31-27-11-7-6-10-25(27)23-8-4-3-5-9-23/h3-13,20,24,34H,14-19,21H2,1-2H3,(H,31,36). The molecule has 8 heteroatoms. The van der Waals surface area contributed by atoms with Gasteiger partial charge in [-0.25, -0.2) is 4.79 Å². The number of nitrogens with zero attached hydrogens (tertiary/aromatic N) is 2. The highest BCUT2D eigenvalue weighted by Gasteiger charge is 2.24. The van der Waals surface area contributed by atoms with Crippen LogP contribution in [-0.4, -0.2) is 73.3 Å². The zero-order valence-electron chi connectivity index (χ0n) is 21.9. The Morgan fingerprint density at radius 2 is 1.74 bits per heavy atom. The molecule has 0 unspecified atom stereocenters. The fraction of sp³-hybridized carbons (Fsp3) is 0.333. The Bertz CT molecular complexity index is 1230. The van der Waals surface area contributed by atoms with Gasteiger partial charge in [-0.15, -0.1) is 0 Å². The molecule has 3 aromatic carbocycles. The van der Waals surface area contributed by atoms with Crippen molar-refractivity contribution in [2.75, 3.05) is 45.7 Å². The molecule has 1 aliphatic heterocycles. The number of piperidine rings is 1. The molecule has 0 bridgehead atoms. The molecule has 1 saturated heterocycles. The van der Waals surface area contributed by atoms with E-state index in [9.17, 15) is 14.7 Å². The van der Waals surface area contributed by atoms with Gasteiger partial charge in [0.1, 0.15) is 11.9 Å². The number of nitrogens with one attached hydrogen (secondary N) is 1. The minimum absolute atomic E-state index is 0.108. The van der Waals surface area contributed by atoms with Gasteiger partial charge >= 0.3 is 6.09 Å². The van der Waals surface area contributed by atoms with Crippen LogP contribution in [-0.2, 0) is 11.3 Å². The lowest BCUT2D eigenvalue weighted by molar-refractivity contribution is 0.0539. The Kier molecular flexibility index (Phi) is 9.35. The highest BCUT2D eigenvalue weighted by atomic mass is 16.6. The van der Waals surface area contributed by atoms with Crippen LogP contribution in [0.4, 0.5) is 10.5 Å². The lowest BCUT2D eigenvalue weighted by Crippen LogP contribution is -2.42. The van der Waals surface area contributed by atoms with E-state index in [0.717, 1.165) is 49.3 Å². The molecule has 200 valence electrons. The Morgan fingerprint density at radius 1 is 1.03 bits per heavy atom. The van der Waals surface area contributed by atoms with Gasteiger partial charge in [-0.1, -0.05) is 54.6 Å². The predicted octanol–water partition coefficient (Wildman–Crippen LogP) is 4.64. The quantitative estimate of drug-likeness (QED) is 0.430. The van der Waals surface area contributed by atoms with Crippen molar-refractivity contribution in [3.05, 3.63) is 83.9 Å². The van der Waals surface area contributed by atoms with E-state index in [1.165, 1.54) is 7.11 Å². The number of carbonyl (C=O) groups is 2. The number of aliphatic hydroxyl groups excluding tert-OH is 1. The van der Waals surface area contributed by atoms with Gasteiger partial charge in [0.25, 0.3) is 5.91 Å². The van der Waals surface area contributed by atoms with Crippen molar-refractivity contribution >= 4 is 17.7 Å². The first-order valence-corrected chi connectivity index (χ1v) is 12.9. The van der Waals surface area contributed by atoms with Crippen molar-refractivity contribution in [2.45, 2.75) is 25.6 Å². The van der Waals surface area contributed by atoms with Crippen LogP contribution in [0.1, 0.15) is 28.8 Å². The zero-order chi connectivity index (χ0) is 26.9. The lowest BCUT2D eigenvalue weighted by atomic mass is 10.0. The topological polar surface area (TPSA) is 91.3 Å². The maximum atomic E-state index is 12.9. The van der Waals surface area contributed by atoms with E-state index >= 15 is 0 Å². The van der Waals surface area contributed by atoms with Crippen molar-refractivity contribution < 1.29 is 24.2 Å². The molecule has 2 N–H and O–H groups in total. The van der Waals surface area contributed by atoms with Crippen LogP contribution >= 0.6 is 0 Å². The van der Waals surface area contributed by atoms with Crippen LogP contribution < -0.4 is 10.1 Å². The number of rotatable bonds is 9. The largest absolute Gasteiger partial charge is 0.496 e. The second-order valence-electron chi connectivity index (χ2n) is 9.40. The molecule has 0 saturated carbocycles. The molecule has 0 aliphatic carbocycles. The number of likely N-dealkylation sites (N-methyl/N-ethyl adjacent to an activating group) is 1. The summed E-state index contributed by atoms with van der Waals surface area (Å²) in [7, 11) is 3.29. The van der Waals surface area contributed by atoms with Gasteiger partial charge < -0.3 is 24.4 Å². The van der Waals surface area contributed by atoms with Gasteiger partial charge in [0, 0.05) is 38.8 Å². The van der Waals surface area contributed by atoms with Crippen molar-refractivity contribution in [3.63, 3.8) is 0 Å². The van der Waals surface area contributed by atoms with Crippen LogP contribution in [0.2, 0.25) is 0 Å². The maximum Gasteiger partial charge on any atom is 0.411 e. The number of likely N-dealkylation sites (tertiary alicyclic amines) is 1. The number of hydrogen-bond donors (Lipinski definition) is 2. The first-order valence-electron chi connectivity index (χ1n) is 12.9. The molecule has 1 heterocycles. The highest BCUT2D eigenvalue weighted by molar-refractivity contribution is 5.97. The van der Waals surface area contributed by atoms with Gasteiger partial charge in [0.2, 0.25) is 0 Å². The minimum atomic E-state index is -0.446. The van der Waals surface area contributed by atoms with E-state index in [1.54, 1.807) is 30.1 Å². The third kappa shape index (κ3) is 6.90. The van der Waals surface area contributed by atoms with E-state index < -0.39 is 6.09 Å². The van der Waals surface area contributed by atoms with Gasteiger partial charge in [-0.05, 0) is 42.2 Å². The molecule has 0 atom stereocenters. The molecule has 1 fully saturated rings. The summed E-state index contributed by atoms with van der Waals surface area (Å²) in [6.07, 6.45) is 0.881. The van der Waals surface area contributed by atoms with Crippen molar-refractivity contribution in [3.8, 4) is 16.9 Å². The van der Waals surface area contributed by atoms with Crippen LogP contribution in [0.25, 0.3) is 11.1 Å². The fourth-order valence-electron chi connectivity index (χ4n) is 4.61. The van der Waals surface area contributed by atoms with Crippen molar-refractivity contribution in [2.24, 2.45) is 0 Å². The van der Waals surface area contributed by atoms with Gasteiger partial charge in [-0.2, -0.15) is 0 Å². The molecule has 8 nitrogen and oxygen atoms in total. The zero-order valence-corrected chi connectivity index (χ0v) is 21.9. The summed E-state index contributed by atoms with van der Waals surface area (Å²) in [5.41, 5.74) is 3.86. The Labute approximate surface area is 223 Å². The molecule has 1 aliphatic rings. The number of aliphatic hydroxyl groups is 1. The average Bonchev–Trinajstić information content (AvgIpc) is 2.96. The normalized spacial score (nSPS) is 14.1. The van der Waals surface area contributed by atoms with E-state index in [0.29, 0.717) is 23.4 Å². The van der Waals surface area contributed by atoms with E-state index in [-0.39, 0.29) is 18.6 Å². The lowest BCUT2D eigenvalue weighted by Gasteiger charge is -2.32. The molecule has 0 spiro atoms. The molecule has 3 aromatic rings. The predicted molar refractivity (Wildman–Crippen MR) is 147 cm³/mol. The average molecular weight is 518 g/mol. The first-order chi connectivity index (χ1) is 18.5. The van der Waals surface area contributed by atoms with E-state index in [2.05, 4.69) is 10.2 Å². The molecule has 2 amide bonds. The second kappa shape index (κ2) is 13.1. The SMILES string of the molecule is COc1cc(CO)ccc1C(=O)N(C)CCN1CCC(OC(=O)Nc2ccccc2-c2ccccc2)CC1. The van der Waals surface area contributed by atoms with E-state index in [4.69, 9.17) is 9.47 Å². The van der Waals surface area contributed by atoms with Gasteiger partial charge in [0.05, 0.1) is 25.0 Å². The summed E-state index contributed by atoms with van der Waals surface area (Å²) < 4.78 is 11.1. The molecule has 0 aromatic heterocycles. The number of methoxy groups -OCH3 is 1. The van der Waals surface area contributed by atoms with Crippen LogP contribution in [0.3, 0.4) is 0 Å². The van der Waals surface area contributed by atoms with E-state index in [1.807, 2.05) is 54.6 Å². The monoisotopic (exact) mass is 517 g/mol. The fourth-order valence-corrected chi connectivity index (χ4v) is 4.61. The Morgan fingerprint density at radius 3 is 2.45 bits per heavy atom. The molecule has 38 heavy (non-hydrogen) atoms. The van der Waals surface area contributed by atoms with Gasteiger partial charge in [-0.3, -0.25) is 10.1 Å². The number of benzene rings is 3. The smallest absolute Gasteiger partial charge is 0.411 e. The van der Waals surface area contributed by atoms with Crippen molar-refractivity contribution in [1.82, 2.24) is 9.80 Å². The Hall–Kier alpha value is -3.88. The number of ether oxygens (including phenoxy) is 2. The summed E-state index contributed by atoms with van der Waals surface area (Å²) in [5, 5.41) is 12.2. The third-order valence-corrected chi connectivity index (χ3v) is 6.83. The second-order valence-corrected chi connectivity index (χ2v) is 9.40. The maximum absolute atomic E-state index is 12.9. The number of hydrogen-bond acceptors (Lipinski definition) is 6. The number of anilines is 1. The summed E-state index contributed by atoms with van der Waals surface area (Å²) in [6, 6.07) is 22.7. The summed E-state index contributed by atoms with van der Waals surface area (Å²) in [5.74, 6) is 0.327. The minimum Gasteiger partial charge on any atom is -0.496 e. The Balaban J connectivity index is 1.23. The number of para-hydroxylation sites is 1. The number of carbonyl (C=O) groups excluding carboxylic acids is 2. The van der Waals surface area contributed by atoms with Crippen molar-refractivity contribution in [1.29, 1.82) is 0 Å². The van der Waals surface area contributed by atoms with Gasteiger partial charge in [0.15, 0.2) is 0 Å². The molecule has 0 radical (unpaired) electrons. The number of amides is 2. The first kappa shape index (κ1) is 27.2. The highest BCUT2D eigenvalue weighted by Crippen LogP contribution is 2.28. The van der Waals surface area contributed by atoms with Crippen LogP contribution in [0.15, 0.2) is 72.8 Å². The summed E-state index contributed by atoms with van der Waals surface area (Å²) in [6.45, 7) is 2.75. The molecular weight excluding hydrogens is 482 g/mol. The summed E-state index contributed by atoms with van der Waals surface area (Å²) >= 11 is 0. The van der Waals surface area contributed by atoms with Crippen LogP contribution in [0, 0.1) is 0 Å². The summed E-state index contributed by atoms with van der Waals surface area (Å²) in [4.78, 5) is 29.5. The van der Waals surface area contributed by atoms with Crippen LogP contribution in [0.5, 0.6) is 5.75 Å². The molecule has 4 rings (SSSR count). The molecular formula is C30H35N3O5.